The van der Waals surface area contributed by atoms with Crippen molar-refractivity contribution in [3.05, 3.63) is 21.9 Å². The summed E-state index contributed by atoms with van der Waals surface area (Å²) in [6, 6.07) is 1.99. The summed E-state index contributed by atoms with van der Waals surface area (Å²) in [4.78, 5) is 12.5. The highest BCUT2D eigenvalue weighted by molar-refractivity contribution is 7.12. The van der Waals surface area contributed by atoms with Crippen LogP contribution in [0.2, 0.25) is 0 Å². The number of aliphatic hydroxyl groups excluding tert-OH is 1. The summed E-state index contributed by atoms with van der Waals surface area (Å²) in [5.74, 6) is 0.0137. The van der Waals surface area contributed by atoms with Crippen molar-refractivity contribution in [3.8, 4) is 0 Å². The van der Waals surface area contributed by atoms with E-state index >= 15 is 0 Å². The standard InChI is InChI=1S/C11H17NO2S/c1-2-9-5-8-15-10(9)11(14)12-6-3-4-7-13/h5,8,13H,2-4,6-7H2,1H3,(H,12,14). The molecule has 0 aliphatic heterocycles. The minimum atomic E-state index is 0.0137. The van der Waals surface area contributed by atoms with Crippen LogP contribution < -0.4 is 5.32 Å². The first-order valence-electron chi connectivity index (χ1n) is 5.25. The van der Waals surface area contributed by atoms with Crippen molar-refractivity contribution in [2.24, 2.45) is 0 Å². The van der Waals surface area contributed by atoms with Gasteiger partial charge < -0.3 is 10.4 Å². The van der Waals surface area contributed by atoms with Gasteiger partial charge in [0.2, 0.25) is 0 Å². The van der Waals surface area contributed by atoms with Gasteiger partial charge in [0, 0.05) is 13.2 Å². The molecule has 0 fully saturated rings. The highest BCUT2D eigenvalue weighted by atomic mass is 32.1. The quantitative estimate of drug-likeness (QED) is 0.728. The van der Waals surface area contributed by atoms with Crippen molar-refractivity contribution < 1.29 is 9.90 Å². The molecule has 84 valence electrons. The molecule has 0 spiro atoms. The highest BCUT2D eigenvalue weighted by Gasteiger charge is 2.10. The number of nitrogens with one attached hydrogen (secondary N) is 1. The second kappa shape index (κ2) is 6.58. The molecule has 0 aliphatic carbocycles. The Bertz CT molecular complexity index is 309. The van der Waals surface area contributed by atoms with Crippen LogP contribution in [0.25, 0.3) is 0 Å². The Morgan fingerprint density at radius 2 is 2.33 bits per heavy atom. The van der Waals surface area contributed by atoms with Crippen molar-refractivity contribution in [2.45, 2.75) is 26.2 Å². The zero-order chi connectivity index (χ0) is 11.1. The number of amides is 1. The van der Waals surface area contributed by atoms with E-state index in [1.165, 1.54) is 11.3 Å². The van der Waals surface area contributed by atoms with Crippen LogP contribution in [0.15, 0.2) is 11.4 Å². The van der Waals surface area contributed by atoms with Crippen LogP contribution in [-0.4, -0.2) is 24.2 Å². The second-order valence-electron chi connectivity index (χ2n) is 3.32. The zero-order valence-corrected chi connectivity index (χ0v) is 9.77. The normalized spacial score (nSPS) is 10.3. The fourth-order valence-electron chi connectivity index (χ4n) is 1.33. The van der Waals surface area contributed by atoms with E-state index in [-0.39, 0.29) is 12.5 Å². The van der Waals surface area contributed by atoms with E-state index in [0.717, 1.165) is 29.7 Å². The van der Waals surface area contributed by atoms with E-state index in [1.54, 1.807) is 0 Å². The maximum atomic E-state index is 11.7. The second-order valence-corrected chi connectivity index (χ2v) is 4.23. The van der Waals surface area contributed by atoms with Crippen molar-refractivity contribution in [3.63, 3.8) is 0 Å². The summed E-state index contributed by atoms with van der Waals surface area (Å²) in [5.41, 5.74) is 1.11. The van der Waals surface area contributed by atoms with E-state index in [4.69, 9.17) is 5.11 Å². The molecule has 0 unspecified atom stereocenters. The fraction of sp³-hybridized carbons (Fsp3) is 0.545. The molecule has 2 N–H and O–H groups in total. The minimum absolute atomic E-state index is 0.0137. The van der Waals surface area contributed by atoms with Gasteiger partial charge in [-0.25, -0.2) is 0 Å². The molecule has 0 saturated heterocycles. The molecule has 0 radical (unpaired) electrons. The van der Waals surface area contributed by atoms with E-state index in [0.29, 0.717) is 6.54 Å². The van der Waals surface area contributed by atoms with Gasteiger partial charge in [-0.05, 0) is 36.3 Å². The third-order valence-corrected chi connectivity index (χ3v) is 3.16. The molecule has 0 aromatic carbocycles. The summed E-state index contributed by atoms with van der Waals surface area (Å²) in [7, 11) is 0. The predicted octanol–water partition coefficient (Wildman–Crippen LogP) is 1.81. The Labute approximate surface area is 94.1 Å². The zero-order valence-electron chi connectivity index (χ0n) is 8.95. The predicted molar refractivity (Wildman–Crippen MR) is 62.4 cm³/mol. The molecule has 1 aromatic rings. The van der Waals surface area contributed by atoms with Gasteiger partial charge >= 0.3 is 0 Å². The Morgan fingerprint density at radius 3 is 3.00 bits per heavy atom. The SMILES string of the molecule is CCc1ccsc1C(=O)NCCCCO. The maximum absolute atomic E-state index is 11.7. The van der Waals surface area contributed by atoms with E-state index in [1.807, 2.05) is 18.4 Å². The molecule has 1 aromatic heterocycles. The Hall–Kier alpha value is -0.870. The summed E-state index contributed by atoms with van der Waals surface area (Å²) < 4.78 is 0. The summed E-state index contributed by atoms with van der Waals surface area (Å²) in [6.07, 6.45) is 2.46. The van der Waals surface area contributed by atoms with Crippen molar-refractivity contribution in [2.75, 3.05) is 13.2 Å². The average molecular weight is 227 g/mol. The van der Waals surface area contributed by atoms with Crippen LogP contribution in [0.3, 0.4) is 0 Å². The Kier molecular flexibility index (Phi) is 5.36. The summed E-state index contributed by atoms with van der Waals surface area (Å²) in [6.45, 7) is 2.88. The van der Waals surface area contributed by atoms with Gasteiger partial charge in [0.15, 0.2) is 0 Å². The first-order valence-corrected chi connectivity index (χ1v) is 6.13. The summed E-state index contributed by atoms with van der Waals surface area (Å²) >= 11 is 1.48. The topological polar surface area (TPSA) is 49.3 Å². The first-order chi connectivity index (χ1) is 7.29. The van der Waals surface area contributed by atoms with Gasteiger partial charge in [0.1, 0.15) is 0 Å². The fourth-order valence-corrected chi connectivity index (χ4v) is 2.24. The highest BCUT2D eigenvalue weighted by Crippen LogP contribution is 2.16. The molecule has 15 heavy (non-hydrogen) atoms. The lowest BCUT2D eigenvalue weighted by atomic mass is 10.2. The number of thiophene rings is 1. The lowest BCUT2D eigenvalue weighted by Crippen LogP contribution is -2.24. The van der Waals surface area contributed by atoms with Gasteiger partial charge in [0.25, 0.3) is 5.91 Å². The Morgan fingerprint density at radius 1 is 1.53 bits per heavy atom. The van der Waals surface area contributed by atoms with Crippen LogP contribution in [0.1, 0.15) is 35.0 Å². The van der Waals surface area contributed by atoms with E-state index < -0.39 is 0 Å². The van der Waals surface area contributed by atoms with Crippen molar-refractivity contribution in [1.82, 2.24) is 5.32 Å². The van der Waals surface area contributed by atoms with Crippen LogP contribution in [-0.2, 0) is 6.42 Å². The summed E-state index contributed by atoms with van der Waals surface area (Å²) in [5, 5.41) is 13.4. The van der Waals surface area contributed by atoms with Crippen LogP contribution in [0.5, 0.6) is 0 Å². The molecule has 0 bridgehead atoms. The third kappa shape index (κ3) is 3.64. The number of unbranched alkanes of at least 4 members (excludes halogenated alkanes) is 1. The largest absolute Gasteiger partial charge is 0.396 e. The van der Waals surface area contributed by atoms with Gasteiger partial charge in [-0.2, -0.15) is 0 Å². The van der Waals surface area contributed by atoms with E-state index in [2.05, 4.69) is 5.32 Å². The third-order valence-electron chi connectivity index (χ3n) is 2.20. The molecule has 0 saturated carbocycles. The minimum Gasteiger partial charge on any atom is -0.396 e. The molecule has 1 amide bonds. The lowest BCUT2D eigenvalue weighted by Gasteiger charge is -2.04. The molecule has 1 heterocycles. The number of hydrogen-bond donors (Lipinski definition) is 2. The molecular weight excluding hydrogens is 210 g/mol. The number of hydrogen-bond acceptors (Lipinski definition) is 3. The van der Waals surface area contributed by atoms with Gasteiger partial charge in [-0.15, -0.1) is 11.3 Å². The molecule has 4 heteroatoms. The van der Waals surface area contributed by atoms with E-state index in [9.17, 15) is 4.79 Å². The van der Waals surface area contributed by atoms with Crippen LogP contribution >= 0.6 is 11.3 Å². The molecule has 3 nitrogen and oxygen atoms in total. The van der Waals surface area contributed by atoms with Crippen LogP contribution in [0.4, 0.5) is 0 Å². The maximum Gasteiger partial charge on any atom is 0.261 e. The number of aliphatic hydroxyl groups is 1. The monoisotopic (exact) mass is 227 g/mol. The number of carbonyl (C=O) groups excluding carboxylic acids is 1. The number of carbonyl (C=O) groups is 1. The average Bonchev–Trinajstić information content (AvgIpc) is 2.72. The van der Waals surface area contributed by atoms with Crippen molar-refractivity contribution >= 4 is 17.2 Å². The van der Waals surface area contributed by atoms with Crippen molar-refractivity contribution in [1.29, 1.82) is 0 Å². The first kappa shape index (κ1) is 12.2. The lowest BCUT2D eigenvalue weighted by molar-refractivity contribution is 0.0955. The number of rotatable bonds is 6. The molecule has 0 atom stereocenters. The smallest absolute Gasteiger partial charge is 0.261 e. The van der Waals surface area contributed by atoms with Crippen LogP contribution in [0, 0.1) is 0 Å². The molecule has 1 rings (SSSR count). The molecular formula is C11H17NO2S. The van der Waals surface area contributed by atoms with Gasteiger partial charge in [-0.3, -0.25) is 4.79 Å². The van der Waals surface area contributed by atoms with Gasteiger partial charge in [-0.1, -0.05) is 6.92 Å². The number of aryl methyl sites for hydroxylation is 1. The van der Waals surface area contributed by atoms with Gasteiger partial charge in [0.05, 0.1) is 4.88 Å². The Balaban J connectivity index is 2.40. The molecule has 0 aliphatic rings.